The van der Waals surface area contributed by atoms with Gasteiger partial charge in [0.15, 0.2) is 5.78 Å². The van der Waals surface area contributed by atoms with E-state index in [2.05, 4.69) is 13.2 Å². The third-order valence-electron chi connectivity index (χ3n) is 4.33. The molecule has 2 rings (SSSR count). The highest BCUT2D eigenvalue weighted by molar-refractivity contribution is 6.00. The number of ketones is 1. The van der Waals surface area contributed by atoms with E-state index < -0.39 is 36.2 Å². The third-order valence-corrected chi connectivity index (χ3v) is 4.33. The van der Waals surface area contributed by atoms with Crippen LogP contribution in [-0.4, -0.2) is 41.1 Å². The maximum atomic E-state index is 12.0. The van der Waals surface area contributed by atoms with Gasteiger partial charge in [-0.1, -0.05) is 18.7 Å². The van der Waals surface area contributed by atoms with Gasteiger partial charge in [0.2, 0.25) is 0 Å². The minimum Gasteiger partial charge on any atom is -0.458 e. The molecule has 1 aliphatic carbocycles. The number of carbonyl (C=O) groups excluding carboxylic acids is 3. The van der Waals surface area contributed by atoms with Crippen LogP contribution in [0.4, 0.5) is 0 Å². The molecule has 1 heterocycles. The van der Waals surface area contributed by atoms with Gasteiger partial charge in [0.25, 0.3) is 0 Å². The fraction of sp³-hybridized carbons (Fsp3) is 0.421. The lowest BCUT2D eigenvalue weighted by Gasteiger charge is -2.30. The molecule has 1 fully saturated rings. The summed E-state index contributed by atoms with van der Waals surface area (Å²) >= 11 is 0. The molecular weight excluding hydrogens is 324 g/mol. The molecule has 1 unspecified atom stereocenters. The normalized spacial score (nSPS) is 34.2. The average Bonchev–Trinajstić information content (AvgIpc) is 2.80. The second-order valence-electron chi connectivity index (χ2n) is 6.58. The average molecular weight is 346 g/mol. The van der Waals surface area contributed by atoms with Crippen molar-refractivity contribution in [3.8, 4) is 0 Å². The van der Waals surface area contributed by atoms with E-state index in [9.17, 15) is 19.5 Å². The summed E-state index contributed by atoms with van der Waals surface area (Å²) < 4.78 is 10.8. The summed E-state index contributed by atoms with van der Waals surface area (Å²) in [6, 6.07) is 0. The van der Waals surface area contributed by atoms with E-state index in [0.29, 0.717) is 11.1 Å². The SMILES string of the molecule is C=C(C)C(=O)O[C@H]1C/C(C)=C/C(=O)/C=C(/C)[C@H](O)C2OC(=O)C(=C)[C@@H]21. The Balaban J connectivity index is 2.50. The summed E-state index contributed by atoms with van der Waals surface area (Å²) in [4.78, 5) is 36.0. The van der Waals surface area contributed by atoms with Gasteiger partial charge in [0.05, 0.1) is 5.92 Å². The van der Waals surface area contributed by atoms with Crippen LogP contribution in [0.25, 0.3) is 0 Å². The summed E-state index contributed by atoms with van der Waals surface area (Å²) in [7, 11) is 0. The number of rotatable bonds is 2. The van der Waals surface area contributed by atoms with E-state index in [0.717, 1.165) is 0 Å². The monoisotopic (exact) mass is 346 g/mol. The fourth-order valence-electron chi connectivity index (χ4n) is 3.01. The molecule has 0 aromatic rings. The molecule has 0 saturated carbocycles. The molecule has 0 aromatic carbocycles. The first-order valence-electron chi connectivity index (χ1n) is 7.95. The standard InChI is InChI=1S/C19H22O6/c1-9(2)18(22)24-14-7-10(3)6-13(20)8-11(4)16(21)17-15(14)12(5)19(23)25-17/h6,8,14-17,21H,1,5,7H2,2-4H3/b10-6+,11-8-/t14-,15+,16-,17?/m0/s1. The number of ether oxygens (including phenoxy) is 2. The Hall–Kier alpha value is -2.47. The molecule has 134 valence electrons. The molecule has 1 N–H and O–H groups in total. The van der Waals surface area contributed by atoms with Crippen molar-refractivity contribution in [3.05, 3.63) is 47.6 Å². The van der Waals surface area contributed by atoms with Gasteiger partial charge in [-0.15, -0.1) is 0 Å². The minimum atomic E-state index is -1.20. The Morgan fingerprint density at radius 3 is 2.56 bits per heavy atom. The van der Waals surface area contributed by atoms with E-state index in [4.69, 9.17) is 9.47 Å². The van der Waals surface area contributed by atoms with Crippen LogP contribution in [0.3, 0.4) is 0 Å². The molecule has 1 aliphatic heterocycles. The van der Waals surface area contributed by atoms with Crippen molar-refractivity contribution in [3.63, 3.8) is 0 Å². The number of hydrogen-bond donors (Lipinski definition) is 1. The van der Waals surface area contributed by atoms with Crippen molar-refractivity contribution in [2.45, 2.75) is 45.5 Å². The Kier molecular flexibility index (Phi) is 5.42. The van der Waals surface area contributed by atoms with E-state index in [1.165, 1.54) is 19.1 Å². The maximum Gasteiger partial charge on any atom is 0.334 e. The summed E-state index contributed by atoms with van der Waals surface area (Å²) in [6.07, 6.45) is -0.0503. The Labute approximate surface area is 146 Å². The predicted octanol–water partition coefficient (Wildman–Crippen LogP) is 1.80. The van der Waals surface area contributed by atoms with Crippen molar-refractivity contribution < 1.29 is 29.0 Å². The first-order chi connectivity index (χ1) is 11.6. The molecule has 6 heteroatoms. The van der Waals surface area contributed by atoms with Crippen LogP contribution >= 0.6 is 0 Å². The van der Waals surface area contributed by atoms with E-state index in [1.807, 2.05) is 0 Å². The number of allylic oxidation sites excluding steroid dienone is 2. The highest BCUT2D eigenvalue weighted by atomic mass is 16.6. The van der Waals surface area contributed by atoms with Crippen LogP contribution in [0.1, 0.15) is 27.2 Å². The summed E-state index contributed by atoms with van der Waals surface area (Å²) in [5.41, 5.74) is 1.38. The van der Waals surface area contributed by atoms with Crippen molar-refractivity contribution in [1.29, 1.82) is 0 Å². The summed E-state index contributed by atoms with van der Waals surface area (Å²) in [6.45, 7) is 12.1. The van der Waals surface area contributed by atoms with Gasteiger partial charge < -0.3 is 14.6 Å². The number of aliphatic hydroxyl groups is 1. The van der Waals surface area contributed by atoms with Crippen LogP contribution in [0.2, 0.25) is 0 Å². The number of fused-ring (bicyclic) bond motifs is 1. The van der Waals surface area contributed by atoms with Crippen LogP contribution in [0.5, 0.6) is 0 Å². The zero-order valence-electron chi connectivity index (χ0n) is 14.6. The van der Waals surface area contributed by atoms with E-state index in [1.54, 1.807) is 13.8 Å². The quantitative estimate of drug-likeness (QED) is 0.606. The number of esters is 2. The lowest BCUT2D eigenvalue weighted by molar-refractivity contribution is -0.150. The Morgan fingerprint density at radius 1 is 1.32 bits per heavy atom. The lowest BCUT2D eigenvalue weighted by atomic mass is 9.83. The van der Waals surface area contributed by atoms with Crippen LogP contribution in [-0.2, 0) is 23.9 Å². The lowest BCUT2D eigenvalue weighted by Crippen LogP contribution is -2.41. The highest BCUT2D eigenvalue weighted by Gasteiger charge is 2.48. The summed E-state index contributed by atoms with van der Waals surface area (Å²) in [5, 5.41) is 10.5. The molecule has 0 spiro atoms. The molecule has 0 amide bonds. The van der Waals surface area contributed by atoms with Gasteiger partial charge in [-0.3, -0.25) is 4.79 Å². The van der Waals surface area contributed by atoms with Gasteiger partial charge in [0, 0.05) is 17.6 Å². The van der Waals surface area contributed by atoms with Crippen molar-refractivity contribution >= 4 is 17.7 Å². The molecule has 0 radical (unpaired) electrons. The predicted molar refractivity (Wildman–Crippen MR) is 90.3 cm³/mol. The Bertz CT molecular complexity index is 711. The van der Waals surface area contributed by atoms with Gasteiger partial charge in [-0.25, -0.2) is 9.59 Å². The van der Waals surface area contributed by atoms with Gasteiger partial charge in [0.1, 0.15) is 18.3 Å². The van der Waals surface area contributed by atoms with Crippen molar-refractivity contribution in [2.24, 2.45) is 5.92 Å². The number of carbonyl (C=O) groups is 3. The van der Waals surface area contributed by atoms with Crippen LogP contribution in [0, 0.1) is 5.92 Å². The van der Waals surface area contributed by atoms with Crippen LogP contribution < -0.4 is 0 Å². The third kappa shape index (κ3) is 3.96. The largest absolute Gasteiger partial charge is 0.458 e. The molecular formula is C19H22O6. The number of aliphatic hydroxyl groups excluding tert-OH is 1. The van der Waals surface area contributed by atoms with Crippen LogP contribution in [0.15, 0.2) is 47.6 Å². The Morgan fingerprint density at radius 2 is 1.96 bits per heavy atom. The fourth-order valence-corrected chi connectivity index (χ4v) is 3.01. The summed E-state index contributed by atoms with van der Waals surface area (Å²) in [5.74, 6) is -2.27. The zero-order valence-corrected chi connectivity index (χ0v) is 14.6. The van der Waals surface area contributed by atoms with Gasteiger partial charge in [-0.05, 0) is 38.5 Å². The molecule has 6 nitrogen and oxygen atoms in total. The van der Waals surface area contributed by atoms with E-state index >= 15 is 0 Å². The number of hydrogen-bond acceptors (Lipinski definition) is 6. The first-order valence-corrected chi connectivity index (χ1v) is 7.95. The molecule has 1 saturated heterocycles. The van der Waals surface area contributed by atoms with E-state index in [-0.39, 0.29) is 23.4 Å². The molecule has 0 aromatic heterocycles. The maximum absolute atomic E-state index is 12.0. The topological polar surface area (TPSA) is 89.9 Å². The highest BCUT2D eigenvalue weighted by Crippen LogP contribution is 2.37. The van der Waals surface area contributed by atoms with Crippen molar-refractivity contribution in [2.75, 3.05) is 0 Å². The second-order valence-corrected chi connectivity index (χ2v) is 6.58. The molecule has 25 heavy (non-hydrogen) atoms. The molecule has 0 bridgehead atoms. The molecule has 4 atom stereocenters. The van der Waals surface area contributed by atoms with Crippen molar-refractivity contribution in [1.82, 2.24) is 0 Å². The van der Waals surface area contributed by atoms with Gasteiger partial charge >= 0.3 is 11.9 Å². The second kappa shape index (κ2) is 7.19. The first kappa shape index (κ1) is 18.9. The minimum absolute atomic E-state index is 0.135. The molecule has 2 aliphatic rings. The zero-order chi connectivity index (χ0) is 18.9. The van der Waals surface area contributed by atoms with Gasteiger partial charge in [-0.2, -0.15) is 0 Å². The smallest absolute Gasteiger partial charge is 0.334 e.